The first-order valence-corrected chi connectivity index (χ1v) is 10.1. The quantitative estimate of drug-likeness (QED) is 0.439. The molecule has 2 amide bonds. The van der Waals surface area contributed by atoms with Gasteiger partial charge in [-0.15, -0.1) is 0 Å². The van der Waals surface area contributed by atoms with Crippen LogP contribution in [0.4, 0.5) is 4.79 Å². The van der Waals surface area contributed by atoms with Crippen LogP contribution in [-0.4, -0.2) is 52.1 Å². The second kappa shape index (κ2) is 9.40. The minimum absolute atomic E-state index is 0.00796. The van der Waals surface area contributed by atoms with Crippen LogP contribution in [0.1, 0.15) is 60.3 Å². The van der Waals surface area contributed by atoms with Gasteiger partial charge in [-0.05, 0) is 60.3 Å². The predicted octanol–water partition coefficient (Wildman–Crippen LogP) is 3.54. The number of carbonyl (C=O) groups excluding carboxylic acids is 2. The average Bonchev–Trinajstić information content (AvgIpc) is 2.77. The van der Waals surface area contributed by atoms with Gasteiger partial charge in [0, 0.05) is 35.5 Å². The molecular weight excluding hydrogens is 356 g/mol. The van der Waals surface area contributed by atoms with Crippen LogP contribution in [0.5, 0.6) is 0 Å². The molecule has 1 N–H and O–H groups in total. The summed E-state index contributed by atoms with van der Waals surface area (Å²) in [5.74, 6) is 0.803. The number of amides is 2. The van der Waals surface area contributed by atoms with Crippen LogP contribution in [0.15, 0.2) is 0 Å². The van der Waals surface area contributed by atoms with Gasteiger partial charge in [0.05, 0.1) is 0 Å². The minimum atomic E-state index is -0.474. The van der Waals surface area contributed by atoms with Crippen molar-refractivity contribution in [2.24, 2.45) is 5.92 Å². The minimum Gasteiger partial charge on any atom is -0.444 e. The standard InChI is InChI=1S/C18H34N2O3S2/c1-17(2,3)23-16(22)19-9-7-6-8-10-20-14(18(4,5)25)11-13(12-24)15(20)21/h13-14,24-25H,6-12H2,1-5H3,(H,19,22)/t13-,14+/m1/s1. The molecule has 0 spiro atoms. The number of hydrogen-bond acceptors (Lipinski definition) is 5. The molecule has 0 unspecified atom stereocenters. The van der Waals surface area contributed by atoms with Gasteiger partial charge in [0.15, 0.2) is 0 Å². The first-order valence-electron chi connectivity index (χ1n) is 9.06. The zero-order valence-electron chi connectivity index (χ0n) is 16.2. The Morgan fingerprint density at radius 3 is 2.40 bits per heavy atom. The summed E-state index contributed by atoms with van der Waals surface area (Å²) in [5, 5.41) is 2.76. The maximum atomic E-state index is 12.5. The summed E-state index contributed by atoms with van der Waals surface area (Å²) in [6.07, 6.45) is 3.19. The van der Waals surface area contributed by atoms with E-state index < -0.39 is 5.60 Å². The van der Waals surface area contributed by atoms with Gasteiger partial charge in [0.2, 0.25) is 5.91 Å². The van der Waals surface area contributed by atoms with Crippen LogP contribution in [0.2, 0.25) is 0 Å². The third kappa shape index (κ3) is 7.69. The van der Waals surface area contributed by atoms with E-state index in [2.05, 4.69) is 44.4 Å². The number of nitrogens with zero attached hydrogens (tertiary/aromatic N) is 1. The lowest BCUT2D eigenvalue weighted by atomic mass is 9.97. The molecular formula is C18H34N2O3S2. The molecule has 0 saturated carbocycles. The molecule has 25 heavy (non-hydrogen) atoms. The van der Waals surface area contributed by atoms with Crippen molar-refractivity contribution < 1.29 is 14.3 Å². The predicted molar refractivity (Wildman–Crippen MR) is 109 cm³/mol. The highest BCUT2D eigenvalue weighted by Crippen LogP contribution is 2.35. The molecule has 1 rings (SSSR count). The molecule has 2 atom stereocenters. The van der Waals surface area contributed by atoms with E-state index >= 15 is 0 Å². The van der Waals surface area contributed by atoms with Crippen LogP contribution in [0.3, 0.4) is 0 Å². The van der Waals surface area contributed by atoms with Crippen LogP contribution >= 0.6 is 25.3 Å². The number of carbonyl (C=O) groups is 2. The van der Waals surface area contributed by atoms with Crippen molar-refractivity contribution in [3.8, 4) is 0 Å². The molecule has 1 fully saturated rings. The molecule has 146 valence electrons. The highest BCUT2D eigenvalue weighted by molar-refractivity contribution is 7.81. The molecule has 1 aliphatic heterocycles. The number of likely N-dealkylation sites (tertiary alicyclic amines) is 1. The molecule has 5 nitrogen and oxygen atoms in total. The summed E-state index contributed by atoms with van der Waals surface area (Å²) < 4.78 is 4.98. The van der Waals surface area contributed by atoms with E-state index in [1.807, 2.05) is 25.7 Å². The average molecular weight is 391 g/mol. The van der Waals surface area contributed by atoms with Gasteiger partial charge in [-0.2, -0.15) is 25.3 Å². The van der Waals surface area contributed by atoms with Crippen molar-refractivity contribution in [2.75, 3.05) is 18.8 Å². The van der Waals surface area contributed by atoms with E-state index in [1.54, 1.807) is 0 Å². The van der Waals surface area contributed by atoms with Crippen molar-refractivity contribution in [3.63, 3.8) is 0 Å². The summed E-state index contributed by atoms with van der Waals surface area (Å²) >= 11 is 9.00. The SMILES string of the molecule is CC(C)(C)OC(=O)NCCCCCN1C(=O)[C@@H](CS)C[C@H]1C(C)(C)S. The Bertz CT molecular complexity index is 458. The number of rotatable bonds is 8. The summed E-state index contributed by atoms with van der Waals surface area (Å²) in [5.41, 5.74) is -0.474. The van der Waals surface area contributed by atoms with Crippen LogP contribution in [-0.2, 0) is 9.53 Å². The van der Waals surface area contributed by atoms with E-state index in [1.165, 1.54) is 0 Å². The maximum absolute atomic E-state index is 12.5. The normalized spacial score (nSPS) is 21.6. The Labute approximate surface area is 163 Å². The summed E-state index contributed by atoms with van der Waals surface area (Å²) in [4.78, 5) is 26.1. The number of ether oxygens (including phenoxy) is 1. The van der Waals surface area contributed by atoms with Crippen LogP contribution in [0, 0.1) is 5.92 Å². The highest BCUT2D eigenvalue weighted by Gasteiger charge is 2.44. The first-order chi connectivity index (χ1) is 11.5. The molecule has 7 heteroatoms. The van der Waals surface area contributed by atoms with Crippen molar-refractivity contribution in [3.05, 3.63) is 0 Å². The van der Waals surface area contributed by atoms with Gasteiger partial charge in [-0.1, -0.05) is 0 Å². The maximum Gasteiger partial charge on any atom is 0.407 e. The Kier molecular flexibility index (Phi) is 8.45. The fourth-order valence-electron chi connectivity index (χ4n) is 3.06. The zero-order chi connectivity index (χ0) is 19.3. The first kappa shape index (κ1) is 22.5. The van der Waals surface area contributed by atoms with E-state index in [0.717, 1.165) is 32.2 Å². The Hall–Kier alpha value is -0.560. The number of nitrogens with one attached hydrogen (secondary N) is 1. The second-order valence-electron chi connectivity index (χ2n) is 8.31. The Morgan fingerprint density at radius 1 is 1.24 bits per heavy atom. The molecule has 1 saturated heterocycles. The second-order valence-corrected chi connectivity index (χ2v) is 9.82. The van der Waals surface area contributed by atoms with Gasteiger partial charge >= 0.3 is 6.09 Å². The number of thiol groups is 2. The molecule has 0 bridgehead atoms. The lowest BCUT2D eigenvalue weighted by Gasteiger charge is -2.34. The number of alkyl carbamates (subject to hydrolysis) is 1. The molecule has 0 aromatic carbocycles. The highest BCUT2D eigenvalue weighted by atomic mass is 32.1. The van der Waals surface area contributed by atoms with E-state index in [0.29, 0.717) is 12.3 Å². The largest absolute Gasteiger partial charge is 0.444 e. The van der Waals surface area contributed by atoms with Crippen molar-refractivity contribution in [1.82, 2.24) is 10.2 Å². The fraction of sp³-hybridized carbons (Fsp3) is 0.889. The molecule has 0 aromatic heterocycles. The molecule has 1 aliphatic rings. The lowest BCUT2D eigenvalue weighted by Crippen LogP contribution is -2.44. The molecule has 0 aliphatic carbocycles. The van der Waals surface area contributed by atoms with E-state index in [-0.39, 0.29) is 28.7 Å². The van der Waals surface area contributed by atoms with Crippen molar-refractivity contribution >= 4 is 37.3 Å². The molecule has 1 heterocycles. The topological polar surface area (TPSA) is 58.6 Å². The third-order valence-electron chi connectivity index (χ3n) is 4.30. The van der Waals surface area contributed by atoms with Gasteiger partial charge in [-0.25, -0.2) is 4.79 Å². The fourth-order valence-corrected chi connectivity index (χ4v) is 3.61. The van der Waals surface area contributed by atoms with E-state index in [4.69, 9.17) is 4.74 Å². The van der Waals surface area contributed by atoms with Crippen LogP contribution < -0.4 is 5.32 Å². The monoisotopic (exact) mass is 390 g/mol. The van der Waals surface area contributed by atoms with Gasteiger partial charge in [-0.3, -0.25) is 4.79 Å². The van der Waals surface area contributed by atoms with Crippen molar-refractivity contribution in [1.29, 1.82) is 0 Å². The van der Waals surface area contributed by atoms with Crippen molar-refractivity contribution in [2.45, 2.75) is 76.7 Å². The number of unbranched alkanes of at least 4 members (excludes halogenated alkanes) is 2. The summed E-state index contributed by atoms with van der Waals surface area (Å²) in [6.45, 7) is 11.0. The van der Waals surface area contributed by atoms with Gasteiger partial charge in [0.1, 0.15) is 5.60 Å². The zero-order valence-corrected chi connectivity index (χ0v) is 18.0. The molecule has 0 aromatic rings. The lowest BCUT2D eigenvalue weighted by molar-refractivity contribution is -0.131. The third-order valence-corrected chi connectivity index (χ3v) is 5.04. The van der Waals surface area contributed by atoms with Gasteiger partial charge in [0.25, 0.3) is 0 Å². The van der Waals surface area contributed by atoms with Gasteiger partial charge < -0.3 is 15.0 Å². The Morgan fingerprint density at radius 2 is 1.88 bits per heavy atom. The van der Waals surface area contributed by atoms with Crippen LogP contribution in [0.25, 0.3) is 0 Å². The summed E-state index contributed by atoms with van der Waals surface area (Å²) in [7, 11) is 0. The van der Waals surface area contributed by atoms with E-state index in [9.17, 15) is 9.59 Å². The summed E-state index contributed by atoms with van der Waals surface area (Å²) in [6, 6.07) is 0.153. The number of hydrogen-bond donors (Lipinski definition) is 3. The smallest absolute Gasteiger partial charge is 0.407 e. The molecule has 0 radical (unpaired) electrons. The Balaban J connectivity index is 2.32.